The Morgan fingerprint density at radius 2 is 2.00 bits per heavy atom. The number of rotatable bonds is 6. The predicted molar refractivity (Wildman–Crippen MR) is 82.1 cm³/mol. The van der Waals surface area contributed by atoms with E-state index in [1.165, 1.54) is 15.3 Å². The molecule has 0 bridgehead atoms. The zero-order valence-corrected chi connectivity index (χ0v) is 12.6. The summed E-state index contributed by atoms with van der Waals surface area (Å²) in [5.41, 5.74) is 1.26. The fourth-order valence-electron chi connectivity index (χ4n) is 2.13. The van der Waals surface area contributed by atoms with Crippen molar-refractivity contribution in [2.45, 2.75) is 32.9 Å². The van der Waals surface area contributed by atoms with Crippen LogP contribution >= 0.6 is 11.3 Å². The first-order valence-corrected chi connectivity index (χ1v) is 7.41. The van der Waals surface area contributed by atoms with Crippen LogP contribution in [-0.4, -0.2) is 13.2 Å². The van der Waals surface area contributed by atoms with Gasteiger partial charge < -0.3 is 10.1 Å². The Labute approximate surface area is 119 Å². The Morgan fingerprint density at radius 1 is 1.21 bits per heavy atom. The van der Waals surface area contributed by atoms with E-state index in [0.717, 1.165) is 18.7 Å². The lowest BCUT2D eigenvalue weighted by Crippen LogP contribution is -2.27. The van der Waals surface area contributed by atoms with Gasteiger partial charge in [0.25, 0.3) is 0 Å². The SMILES string of the molecule is COc1ccccc1CC(C)NCc1ccc(C)s1. The maximum absolute atomic E-state index is 5.39. The Hall–Kier alpha value is -1.32. The molecule has 19 heavy (non-hydrogen) atoms. The van der Waals surface area contributed by atoms with Crippen LogP contribution in [0.5, 0.6) is 5.75 Å². The Kier molecular flexibility index (Phi) is 5.00. The monoisotopic (exact) mass is 275 g/mol. The number of aryl methyl sites for hydroxylation is 1. The number of thiophene rings is 1. The van der Waals surface area contributed by atoms with Crippen LogP contribution in [-0.2, 0) is 13.0 Å². The summed E-state index contributed by atoms with van der Waals surface area (Å²) in [5.74, 6) is 0.975. The average Bonchev–Trinajstić information content (AvgIpc) is 2.83. The third kappa shape index (κ3) is 4.08. The minimum Gasteiger partial charge on any atom is -0.496 e. The Bertz CT molecular complexity index is 521. The van der Waals surface area contributed by atoms with Gasteiger partial charge in [-0.05, 0) is 44.0 Å². The lowest BCUT2D eigenvalue weighted by molar-refractivity contribution is 0.406. The molecule has 2 rings (SSSR count). The van der Waals surface area contributed by atoms with E-state index in [9.17, 15) is 0 Å². The molecule has 0 aliphatic heterocycles. The van der Waals surface area contributed by atoms with E-state index in [4.69, 9.17) is 4.74 Å². The summed E-state index contributed by atoms with van der Waals surface area (Å²) >= 11 is 1.86. The van der Waals surface area contributed by atoms with E-state index in [-0.39, 0.29) is 0 Å². The predicted octanol–water partition coefficient (Wildman–Crippen LogP) is 3.79. The summed E-state index contributed by atoms with van der Waals surface area (Å²) in [6, 6.07) is 13.0. The Balaban J connectivity index is 1.88. The topological polar surface area (TPSA) is 21.3 Å². The maximum atomic E-state index is 5.39. The van der Waals surface area contributed by atoms with E-state index >= 15 is 0 Å². The van der Waals surface area contributed by atoms with Crippen molar-refractivity contribution >= 4 is 11.3 Å². The molecule has 0 aliphatic rings. The summed E-state index contributed by atoms with van der Waals surface area (Å²) < 4.78 is 5.39. The molecule has 2 aromatic rings. The number of benzene rings is 1. The molecule has 102 valence electrons. The van der Waals surface area contributed by atoms with Gasteiger partial charge >= 0.3 is 0 Å². The van der Waals surface area contributed by atoms with E-state index in [1.807, 2.05) is 23.5 Å². The molecule has 0 aliphatic carbocycles. The number of hydrogen-bond acceptors (Lipinski definition) is 3. The van der Waals surface area contributed by atoms with Gasteiger partial charge in [-0.2, -0.15) is 0 Å². The number of hydrogen-bond donors (Lipinski definition) is 1. The average molecular weight is 275 g/mol. The number of methoxy groups -OCH3 is 1. The molecule has 2 nitrogen and oxygen atoms in total. The first-order valence-electron chi connectivity index (χ1n) is 6.59. The van der Waals surface area contributed by atoms with Crippen molar-refractivity contribution in [2.24, 2.45) is 0 Å². The van der Waals surface area contributed by atoms with Crippen LogP contribution in [0.15, 0.2) is 36.4 Å². The number of nitrogens with one attached hydrogen (secondary N) is 1. The fourth-order valence-corrected chi connectivity index (χ4v) is 2.97. The van der Waals surface area contributed by atoms with E-state index in [2.05, 4.69) is 43.4 Å². The van der Waals surface area contributed by atoms with Crippen molar-refractivity contribution in [1.29, 1.82) is 0 Å². The fraction of sp³-hybridized carbons (Fsp3) is 0.375. The lowest BCUT2D eigenvalue weighted by Gasteiger charge is -2.15. The molecule has 0 spiro atoms. The summed E-state index contributed by atoms with van der Waals surface area (Å²) in [4.78, 5) is 2.76. The van der Waals surface area contributed by atoms with Gasteiger partial charge in [0.2, 0.25) is 0 Å². The van der Waals surface area contributed by atoms with Gasteiger partial charge in [-0.15, -0.1) is 11.3 Å². The van der Waals surface area contributed by atoms with E-state index in [1.54, 1.807) is 7.11 Å². The van der Waals surface area contributed by atoms with Crippen LogP contribution in [0.2, 0.25) is 0 Å². The quantitative estimate of drug-likeness (QED) is 0.866. The highest BCUT2D eigenvalue weighted by molar-refractivity contribution is 7.11. The van der Waals surface area contributed by atoms with Crippen molar-refractivity contribution in [3.05, 3.63) is 51.7 Å². The van der Waals surface area contributed by atoms with Gasteiger partial charge in [0.15, 0.2) is 0 Å². The summed E-state index contributed by atoms with van der Waals surface area (Å²) in [6.45, 7) is 5.30. The van der Waals surface area contributed by atoms with Crippen molar-refractivity contribution in [3.8, 4) is 5.75 Å². The molecule has 1 aromatic carbocycles. The normalized spacial score (nSPS) is 12.4. The second kappa shape index (κ2) is 6.73. The summed E-state index contributed by atoms with van der Waals surface area (Å²) in [5, 5.41) is 3.57. The molecule has 1 N–H and O–H groups in total. The first kappa shape index (κ1) is 14.1. The lowest BCUT2D eigenvalue weighted by atomic mass is 10.1. The highest BCUT2D eigenvalue weighted by Gasteiger charge is 2.08. The number of ether oxygens (including phenoxy) is 1. The van der Waals surface area contributed by atoms with Crippen molar-refractivity contribution in [1.82, 2.24) is 5.32 Å². The van der Waals surface area contributed by atoms with Crippen LogP contribution < -0.4 is 10.1 Å². The second-order valence-corrected chi connectivity index (χ2v) is 6.18. The van der Waals surface area contributed by atoms with Crippen molar-refractivity contribution in [2.75, 3.05) is 7.11 Å². The highest BCUT2D eigenvalue weighted by Crippen LogP contribution is 2.19. The molecule has 0 fully saturated rings. The molecule has 1 atom stereocenters. The minimum absolute atomic E-state index is 0.429. The van der Waals surface area contributed by atoms with Gasteiger partial charge in [-0.25, -0.2) is 0 Å². The van der Waals surface area contributed by atoms with Crippen LogP contribution in [0.1, 0.15) is 22.2 Å². The van der Waals surface area contributed by atoms with Gasteiger partial charge in [-0.3, -0.25) is 0 Å². The smallest absolute Gasteiger partial charge is 0.122 e. The van der Waals surface area contributed by atoms with E-state index < -0.39 is 0 Å². The summed E-state index contributed by atoms with van der Waals surface area (Å²) in [7, 11) is 1.73. The van der Waals surface area contributed by atoms with Gasteiger partial charge in [0.1, 0.15) is 5.75 Å². The minimum atomic E-state index is 0.429. The standard InChI is InChI=1S/C16H21NOS/c1-12(17-11-15-9-8-13(2)19-15)10-14-6-4-5-7-16(14)18-3/h4-9,12,17H,10-11H2,1-3H3. The molecule has 1 heterocycles. The first-order chi connectivity index (χ1) is 9.19. The van der Waals surface area contributed by atoms with E-state index in [0.29, 0.717) is 6.04 Å². The van der Waals surface area contributed by atoms with Gasteiger partial charge in [0, 0.05) is 22.3 Å². The van der Waals surface area contributed by atoms with Crippen LogP contribution in [0.3, 0.4) is 0 Å². The molecule has 0 saturated carbocycles. The molecule has 1 aromatic heterocycles. The van der Waals surface area contributed by atoms with Gasteiger partial charge in [-0.1, -0.05) is 18.2 Å². The zero-order chi connectivity index (χ0) is 13.7. The van der Waals surface area contributed by atoms with Crippen LogP contribution in [0.4, 0.5) is 0 Å². The molecule has 0 amide bonds. The third-order valence-corrected chi connectivity index (χ3v) is 4.14. The molecule has 3 heteroatoms. The third-order valence-electron chi connectivity index (χ3n) is 3.14. The summed E-state index contributed by atoms with van der Waals surface area (Å²) in [6.07, 6.45) is 0.981. The molecular weight excluding hydrogens is 254 g/mol. The largest absolute Gasteiger partial charge is 0.496 e. The molecule has 1 unspecified atom stereocenters. The van der Waals surface area contributed by atoms with Gasteiger partial charge in [0.05, 0.1) is 7.11 Å². The molecule has 0 saturated heterocycles. The number of para-hydroxylation sites is 1. The van der Waals surface area contributed by atoms with Crippen molar-refractivity contribution in [3.63, 3.8) is 0 Å². The molecule has 0 radical (unpaired) electrons. The maximum Gasteiger partial charge on any atom is 0.122 e. The van der Waals surface area contributed by atoms with Crippen LogP contribution in [0.25, 0.3) is 0 Å². The van der Waals surface area contributed by atoms with Crippen molar-refractivity contribution < 1.29 is 4.74 Å². The van der Waals surface area contributed by atoms with Crippen LogP contribution in [0, 0.1) is 6.92 Å². The zero-order valence-electron chi connectivity index (χ0n) is 11.8. The highest BCUT2D eigenvalue weighted by atomic mass is 32.1. The second-order valence-electron chi connectivity index (χ2n) is 4.81. The Morgan fingerprint density at radius 3 is 2.68 bits per heavy atom. The molecular formula is C16H21NOS.